The highest BCUT2D eigenvalue weighted by atomic mass is 35.5. The number of benzene rings is 2. The number of halogens is 5. The summed E-state index contributed by atoms with van der Waals surface area (Å²) in [7, 11) is 0. The van der Waals surface area contributed by atoms with Crippen molar-refractivity contribution in [2.45, 2.75) is 25.5 Å². The van der Waals surface area contributed by atoms with Crippen molar-refractivity contribution in [3.8, 4) is 0 Å². The number of aromatic nitrogens is 1. The number of β-amino-alcohol motifs (C(OH)–C–C–N with tert-alkyl or cyclic N) is 1. The first-order chi connectivity index (χ1) is 13.9. The lowest BCUT2D eigenvalue weighted by atomic mass is 9.96. The van der Waals surface area contributed by atoms with Crippen LogP contribution in [-0.2, 0) is 6.54 Å². The number of fused-ring (bicyclic) bond motifs is 1. The fourth-order valence-electron chi connectivity index (χ4n) is 3.92. The molecule has 1 aliphatic rings. The number of nitrogens with one attached hydrogen (secondary N) is 1. The molecule has 1 atom stereocenters. The number of hydrogen-bond acceptors (Lipinski definition) is 4. The van der Waals surface area contributed by atoms with E-state index < -0.39 is 17.7 Å². The molecule has 1 saturated heterocycles. The summed E-state index contributed by atoms with van der Waals surface area (Å²) in [6, 6.07) is 9.27. The van der Waals surface area contributed by atoms with Crippen molar-refractivity contribution in [2.75, 3.05) is 19.6 Å². The number of aliphatic hydroxyl groups excluding tert-OH is 1. The lowest BCUT2D eigenvalue weighted by Crippen LogP contribution is -2.38. The van der Waals surface area contributed by atoms with Gasteiger partial charge in [-0.25, -0.2) is 8.78 Å². The van der Waals surface area contributed by atoms with Crippen molar-refractivity contribution >= 4 is 58.0 Å². The van der Waals surface area contributed by atoms with E-state index in [4.69, 9.17) is 17.0 Å². The van der Waals surface area contributed by atoms with Crippen LogP contribution in [0.15, 0.2) is 36.4 Å². The molecule has 0 spiro atoms. The van der Waals surface area contributed by atoms with Gasteiger partial charge < -0.3 is 14.6 Å². The minimum Gasteiger partial charge on any atom is -0.387 e. The maximum atomic E-state index is 13.4. The molecule has 1 aliphatic heterocycles. The first-order valence-corrected chi connectivity index (χ1v) is 10.8. The second-order valence-corrected chi connectivity index (χ2v) is 9.03. The van der Waals surface area contributed by atoms with Crippen molar-refractivity contribution in [1.82, 2.24) is 9.47 Å². The van der Waals surface area contributed by atoms with Gasteiger partial charge in [0, 0.05) is 18.1 Å². The van der Waals surface area contributed by atoms with Gasteiger partial charge >= 0.3 is 0 Å². The molecule has 1 fully saturated rings. The van der Waals surface area contributed by atoms with Crippen LogP contribution in [0.25, 0.3) is 10.2 Å². The number of piperidine rings is 1. The molecular weight excluding hydrogens is 487 g/mol. The van der Waals surface area contributed by atoms with Gasteiger partial charge in [-0.15, -0.1) is 24.8 Å². The lowest BCUT2D eigenvalue weighted by molar-refractivity contribution is 0.0864. The Morgan fingerprint density at radius 1 is 1.10 bits per heavy atom. The summed E-state index contributed by atoms with van der Waals surface area (Å²) in [6.07, 6.45) is 1.07. The van der Waals surface area contributed by atoms with E-state index in [0.29, 0.717) is 27.9 Å². The Hall–Kier alpha value is -1.22. The van der Waals surface area contributed by atoms with E-state index >= 15 is 0 Å². The molecule has 4 nitrogen and oxygen atoms in total. The van der Waals surface area contributed by atoms with Gasteiger partial charge in [0.2, 0.25) is 0 Å². The Balaban J connectivity index is 0.00000171. The Morgan fingerprint density at radius 2 is 1.81 bits per heavy atom. The number of rotatable bonds is 5. The van der Waals surface area contributed by atoms with Gasteiger partial charge in [0.05, 0.1) is 16.3 Å². The molecule has 2 heterocycles. The third-order valence-electron chi connectivity index (χ3n) is 5.57. The van der Waals surface area contributed by atoms with Gasteiger partial charge in [-0.1, -0.05) is 29.0 Å². The molecule has 31 heavy (non-hydrogen) atoms. The summed E-state index contributed by atoms with van der Waals surface area (Å²) in [5, 5.41) is 19.3. The number of likely N-dealkylation sites (tertiary alicyclic amines) is 1. The van der Waals surface area contributed by atoms with E-state index in [0.717, 1.165) is 54.8 Å². The molecule has 2 N–H and O–H groups in total. The van der Waals surface area contributed by atoms with Gasteiger partial charge in [-0.3, -0.25) is 5.41 Å². The van der Waals surface area contributed by atoms with E-state index in [2.05, 4.69) is 4.90 Å². The first kappa shape index (κ1) is 26.0. The molecule has 4 rings (SSSR count). The topological polar surface area (TPSA) is 52.2 Å². The molecular formula is C21H24Cl3F2N3OS. The van der Waals surface area contributed by atoms with Gasteiger partial charge in [0.15, 0.2) is 16.4 Å². The molecule has 3 aromatic rings. The first-order valence-electron chi connectivity index (χ1n) is 9.59. The predicted molar refractivity (Wildman–Crippen MR) is 126 cm³/mol. The summed E-state index contributed by atoms with van der Waals surface area (Å²) in [5.41, 5.74) is 1.43. The zero-order chi connectivity index (χ0) is 20.5. The highest BCUT2D eigenvalue weighted by Crippen LogP contribution is 2.26. The van der Waals surface area contributed by atoms with Gasteiger partial charge in [-0.05, 0) is 67.7 Å². The largest absolute Gasteiger partial charge is 0.387 e. The zero-order valence-electron chi connectivity index (χ0n) is 16.6. The van der Waals surface area contributed by atoms with E-state index in [1.165, 1.54) is 17.4 Å². The standard InChI is InChI=1S/C21H22ClF2N3OS.2ClH/c22-15-2-4-18-20(10-15)29-21(25)27(18)11-13-5-7-26(8-6-13)12-19(28)14-1-3-16(23)17(24)9-14;;/h1-4,9-10,13,19,25,28H,5-8,11-12H2;2*1H/t19-;;/m0../s1. The van der Waals surface area contributed by atoms with Crippen molar-refractivity contribution in [3.05, 3.63) is 63.4 Å². The molecule has 10 heteroatoms. The molecule has 2 aromatic carbocycles. The molecule has 0 aliphatic carbocycles. The second kappa shape index (κ2) is 11.1. The van der Waals surface area contributed by atoms with Crippen LogP contribution in [0.3, 0.4) is 0 Å². The van der Waals surface area contributed by atoms with Crippen LogP contribution in [0.1, 0.15) is 24.5 Å². The quantitative estimate of drug-likeness (QED) is 0.483. The molecule has 1 aromatic heterocycles. The summed E-state index contributed by atoms with van der Waals surface area (Å²) < 4.78 is 29.5. The van der Waals surface area contributed by atoms with Crippen LogP contribution in [0.4, 0.5) is 8.78 Å². The summed E-state index contributed by atoms with van der Waals surface area (Å²) in [6.45, 7) is 2.84. The van der Waals surface area contributed by atoms with E-state index in [1.807, 2.05) is 22.8 Å². The molecule has 0 radical (unpaired) electrons. The van der Waals surface area contributed by atoms with Gasteiger partial charge in [0.1, 0.15) is 0 Å². The number of aliphatic hydroxyl groups is 1. The molecule has 0 bridgehead atoms. The minimum atomic E-state index is -0.937. The van der Waals surface area contributed by atoms with Crippen molar-refractivity contribution < 1.29 is 13.9 Å². The van der Waals surface area contributed by atoms with Crippen molar-refractivity contribution in [3.63, 3.8) is 0 Å². The fraction of sp³-hybridized carbons (Fsp3) is 0.381. The monoisotopic (exact) mass is 509 g/mol. The minimum absolute atomic E-state index is 0. The Kier molecular flexibility index (Phi) is 9.30. The summed E-state index contributed by atoms with van der Waals surface area (Å²) in [4.78, 5) is 2.68. The van der Waals surface area contributed by atoms with Crippen LogP contribution in [0, 0.1) is 23.0 Å². The van der Waals surface area contributed by atoms with E-state index in [1.54, 1.807) is 0 Å². The number of nitrogens with zero attached hydrogens (tertiary/aromatic N) is 2. The average molecular weight is 511 g/mol. The summed E-state index contributed by atoms with van der Waals surface area (Å²) >= 11 is 7.50. The zero-order valence-corrected chi connectivity index (χ0v) is 19.8. The Morgan fingerprint density at radius 3 is 2.48 bits per heavy atom. The second-order valence-electron chi connectivity index (χ2n) is 7.56. The van der Waals surface area contributed by atoms with Crippen LogP contribution in [0.2, 0.25) is 5.02 Å². The Labute approximate surface area is 200 Å². The van der Waals surface area contributed by atoms with E-state index in [-0.39, 0.29) is 24.8 Å². The average Bonchev–Trinajstić information content (AvgIpc) is 2.99. The van der Waals surface area contributed by atoms with Crippen LogP contribution < -0.4 is 4.80 Å². The number of hydrogen-bond donors (Lipinski definition) is 2. The lowest BCUT2D eigenvalue weighted by Gasteiger charge is -2.33. The van der Waals surface area contributed by atoms with Crippen molar-refractivity contribution in [1.29, 1.82) is 5.41 Å². The maximum Gasteiger partial charge on any atom is 0.182 e. The normalized spacial score (nSPS) is 16.0. The van der Waals surface area contributed by atoms with Gasteiger partial charge in [-0.2, -0.15) is 0 Å². The predicted octanol–water partition coefficient (Wildman–Crippen LogP) is 5.40. The SMILES string of the molecule is Cl.Cl.N=c1sc2cc(Cl)ccc2n1CC1CCN(C[C@H](O)c2ccc(F)c(F)c2)CC1. The molecule has 0 amide bonds. The number of thiazole rings is 1. The molecule has 0 saturated carbocycles. The van der Waals surface area contributed by atoms with E-state index in [9.17, 15) is 13.9 Å². The molecule has 0 unspecified atom stereocenters. The Bertz CT molecular complexity index is 1080. The maximum absolute atomic E-state index is 13.4. The van der Waals surface area contributed by atoms with Crippen molar-refractivity contribution in [2.24, 2.45) is 5.92 Å². The third kappa shape index (κ3) is 5.97. The van der Waals surface area contributed by atoms with Crippen LogP contribution in [-0.4, -0.2) is 34.2 Å². The smallest absolute Gasteiger partial charge is 0.182 e. The fourth-order valence-corrected chi connectivity index (χ4v) is 5.12. The van der Waals surface area contributed by atoms with Crippen LogP contribution >= 0.6 is 47.8 Å². The summed E-state index contributed by atoms with van der Waals surface area (Å²) in [5.74, 6) is -1.39. The van der Waals surface area contributed by atoms with Crippen LogP contribution in [0.5, 0.6) is 0 Å². The van der Waals surface area contributed by atoms with Gasteiger partial charge in [0.25, 0.3) is 0 Å². The highest BCUT2D eigenvalue weighted by molar-refractivity contribution is 7.16. The molecule has 170 valence electrons. The third-order valence-corrected chi connectivity index (χ3v) is 6.77. The highest BCUT2D eigenvalue weighted by Gasteiger charge is 2.23.